The molecule has 3 aromatic carbocycles. The van der Waals surface area contributed by atoms with Crippen LogP contribution in [0, 0.1) is 6.92 Å². The molecule has 10 nitrogen and oxygen atoms in total. The van der Waals surface area contributed by atoms with Gasteiger partial charge in [0.25, 0.3) is 15.9 Å². The van der Waals surface area contributed by atoms with E-state index in [-0.39, 0.29) is 41.7 Å². The van der Waals surface area contributed by atoms with Gasteiger partial charge in [-0.05, 0) is 38.1 Å². The lowest BCUT2D eigenvalue weighted by atomic mass is 10.2. The van der Waals surface area contributed by atoms with Crippen LogP contribution in [0.4, 0.5) is 5.69 Å². The third kappa shape index (κ3) is 5.87. The van der Waals surface area contributed by atoms with Gasteiger partial charge in [0.15, 0.2) is 16.3 Å². The number of thiazole rings is 1. The molecule has 12 heteroatoms. The molecular weight excluding hydrogens is 554 g/mol. The van der Waals surface area contributed by atoms with Gasteiger partial charge in [-0.25, -0.2) is 8.42 Å². The number of carbonyl (C=O) groups is 2. The van der Waals surface area contributed by atoms with E-state index in [4.69, 9.17) is 14.2 Å². The third-order valence-corrected chi connectivity index (χ3v) is 8.54. The maximum atomic E-state index is 13.5. The Hall–Kier alpha value is -4.16. The summed E-state index contributed by atoms with van der Waals surface area (Å²) in [6.45, 7) is 4.91. The molecule has 0 fully saturated rings. The highest BCUT2D eigenvalue weighted by Crippen LogP contribution is 2.35. The van der Waals surface area contributed by atoms with Gasteiger partial charge >= 0.3 is 5.97 Å². The molecule has 0 spiro atoms. The monoisotopic (exact) mass is 581 g/mol. The van der Waals surface area contributed by atoms with E-state index in [0.717, 1.165) is 15.8 Å². The van der Waals surface area contributed by atoms with Gasteiger partial charge in [0.2, 0.25) is 0 Å². The molecule has 4 aromatic rings. The van der Waals surface area contributed by atoms with Gasteiger partial charge in [-0.3, -0.25) is 14.3 Å². The van der Waals surface area contributed by atoms with Crippen molar-refractivity contribution >= 4 is 49.1 Å². The number of aromatic nitrogens is 1. The van der Waals surface area contributed by atoms with Gasteiger partial charge in [-0.2, -0.15) is 4.99 Å². The summed E-state index contributed by atoms with van der Waals surface area (Å²) in [6.07, 6.45) is 0.0719. The molecule has 1 aliphatic heterocycles. The summed E-state index contributed by atoms with van der Waals surface area (Å²) in [6, 6.07) is 16.3. The Labute approximate surface area is 234 Å². The summed E-state index contributed by atoms with van der Waals surface area (Å²) in [5.74, 6) is 0.136. The van der Waals surface area contributed by atoms with E-state index in [1.807, 2.05) is 13.0 Å². The first-order valence-electron chi connectivity index (χ1n) is 12.6. The van der Waals surface area contributed by atoms with Crippen molar-refractivity contribution in [3.63, 3.8) is 0 Å². The zero-order chi connectivity index (χ0) is 28.3. The molecule has 1 aliphatic rings. The molecule has 1 amide bonds. The molecule has 0 saturated carbocycles. The Morgan fingerprint density at radius 1 is 1.05 bits per heavy atom. The molecule has 1 N–H and O–H groups in total. The second-order valence-corrected chi connectivity index (χ2v) is 11.6. The van der Waals surface area contributed by atoms with Crippen molar-refractivity contribution in [1.29, 1.82) is 0 Å². The van der Waals surface area contributed by atoms with Crippen LogP contribution in [0.25, 0.3) is 10.2 Å². The van der Waals surface area contributed by atoms with Gasteiger partial charge < -0.3 is 18.8 Å². The number of amides is 1. The van der Waals surface area contributed by atoms with Crippen molar-refractivity contribution in [1.82, 2.24) is 4.57 Å². The minimum Gasteiger partial charge on any atom is -0.486 e. The number of para-hydroxylation sites is 1. The SMILES string of the molecule is CCOC(=O)CCn1c(=NC(=O)c2ccccc2NS(=O)(=O)c2ccc(C)cc2)sc2cc3c(cc21)OCCO3. The van der Waals surface area contributed by atoms with Gasteiger partial charge in [0.1, 0.15) is 13.2 Å². The zero-order valence-electron chi connectivity index (χ0n) is 21.9. The van der Waals surface area contributed by atoms with Crippen molar-refractivity contribution in [3.8, 4) is 11.5 Å². The number of anilines is 1. The highest BCUT2D eigenvalue weighted by molar-refractivity contribution is 7.92. The second-order valence-electron chi connectivity index (χ2n) is 8.94. The summed E-state index contributed by atoms with van der Waals surface area (Å²) in [5, 5.41) is 0. The summed E-state index contributed by atoms with van der Waals surface area (Å²) < 4.78 is 47.6. The van der Waals surface area contributed by atoms with E-state index in [1.165, 1.54) is 35.6 Å². The van der Waals surface area contributed by atoms with Crippen LogP contribution in [0.5, 0.6) is 11.5 Å². The fraction of sp³-hybridized carbons (Fsp3) is 0.250. The van der Waals surface area contributed by atoms with Crippen LogP contribution < -0.4 is 19.0 Å². The largest absolute Gasteiger partial charge is 0.486 e. The van der Waals surface area contributed by atoms with Crippen LogP contribution >= 0.6 is 11.3 Å². The maximum Gasteiger partial charge on any atom is 0.307 e. The second kappa shape index (κ2) is 11.5. The number of nitrogens with zero attached hydrogens (tertiary/aromatic N) is 2. The van der Waals surface area contributed by atoms with Crippen LogP contribution in [0.1, 0.15) is 29.3 Å². The third-order valence-electron chi connectivity index (χ3n) is 6.12. The Balaban J connectivity index is 1.54. The number of sulfonamides is 1. The number of fused-ring (bicyclic) bond motifs is 2. The van der Waals surface area contributed by atoms with E-state index < -0.39 is 15.9 Å². The normalized spacial score (nSPS) is 13.3. The lowest BCUT2D eigenvalue weighted by Crippen LogP contribution is -2.20. The highest BCUT2D eigenvalue weighted by atomic mass is 32.2. The van der Waals surface area contributed by atoms with Crippen LogP contribution in [0.3, 0.4) is 0 Å². The number of hydrogen-bond donors (Lipinski definition) is 1. The standard InChI is InChI=1S/C28H27N3O7S2/c1-3-36-26(32)12-13-31-22-16-23-24(38-15-14-37-23)17-25(22)39-28(31)29-27(33)20-6-4-5-7-21(20)30-40(34,35)19-10-8-18(2)9-11-19/h4-11,16-17,30H,3,12-15H2,1-2H3. The fourth-order valence-corrected chi connectivity index (χ4v) is 6.32. The Morgan fingerprint density at radius 2 is 1.75 bits per heavy atom. The molecule has 2 heterocycles. The number of carbonyl (C=O) groups excluding carboxylic acids is 2. The van der Waals surface area contributed by atoms with E-state index in [2.05, 4.69) is 9.71 Å². The Bertz CT molecular complexity index is 1760. The Kier molecular flexibility index (Phi) is 7.90. The highest BCUT2D eigenvalue weighted by Gasteiger charge is 2.20. The summed E-state index contributed by atoms with van der Waals surface area (Å²) in [7, 11) is -3.95. The maximum absolute atomic E-state index is 13.5. The predicted octanol–water partition coefficient (Wildman–Crippen LogP) is 4.28. The van der Waals surface area contributed by atoms with Crippen molar-refractivity contribution in [2.24, 2.45) is 4.99 Å². The number of aryl methyl sites for hydroxylation is 2. The number of rotatable bonds is 8. The molecule has 40 heavy (non-hydrogen) atoms. The molecule has 0 unspecified atom stereocenters. The van der Waals surface area contributed by atoms with Crippen LogP contribution in [-0.2, 0) is 26.1 Å². The molecule has 0 radical (unpaired) electrons. The summed E-state index contributed by atoms with van der Waals surface area (Å²) in [4.78, 5) is 30.4. The average molecular weight is 582 g/mol. The molecule has 0 bridgehead atoms. The quantitative estimate of drug-likeness (QED) is 0.308. The van der Waals surface area contributed by atoms with Gasteiger partial charge in [0, 0.05) is 18.7 Å². The lowest BCUT2D eigenvalue weighted by Gasteiger charge is -2.18. The molecular formula is C28H27N3O7S2. The van der Waals surface area contributed by atoms with E-state index in [1.54, 1.807) is 41.8 Å². The Morgan fingerprint density at radius 3 is 2.48 bits per heavy atom. The molecule has 5 rings (SSSR count). The van der Waals surface area contributed by atoms with E-state index in [0.29, 0.717) is 29.5 Å². The van der Waals surface area contributed by atoms with Crippen LogP contribution in [0.2, 0.25) is 0 Å². The van der Waals surface area contributed by atoms with Crippen molar-refractivity contribution in [3.05, 3.63) is 76.6 Å². The van der Waals surface area contributed by atoms with Gasteiger partial charge in [0.05, 0.1) is 39.4 Å². The molecule has 208 valence electrons. The van der Waals surface area contributed by atoms with Crippen molar-refractivity contribution in [2.45, 2.75) is 31.7 Å². The lowest BCUT2D eigenvalue weighted by molar-refractivity contribution is -0.143. The first-order valence-corrected chi connectivity index (χ1v) is 14.9. The summed E-state index contributed by atoms with van der Waals surface area (Å²) >= 11 is 1.25. The van der Waals surface area contributed by atoms with Crippen LogP contribution in [-0.4, -0.2) is 44.7 Å². The molecule has 0 saturated heterocycles. The molecule has 0 atom stereocenters. The van der Waals surface area contributed by atoms with Gasteiger partial charge in [-0.15, -0.1) is 0 Å². The number of ether oxygens (including phenoxy) is 3. The first kappa shape index (κ1) is 27.4. The number of esters is 1. The van der Waals surface area contributed by atoms with E-state index >= 15 is 0 Å². The average Bonchev–Trinajstić information content (AvgIpc) is 3.26. The zero-order valence-corrected chi connectivity index (χ0v) is 23.5. The van der Waals surface area contributed by atoms with Crippen molar-refractivity contribution in [2.75, 3.05) is 24.5 Å². The number of nitrogens with one attached hydrogen (secondary N) is 1. The van der Waals surface area contributed by atoms with E-state index in [9.17, 15) is 18.0 Å². The summed E-state index contributed by atoms with van der Waals surface area (Å²) in [5.41, 5.74) is 1.83. The minimum absolute atomic E-state index is 0.0719. The molecule has 1 aromatic heterocycles. The number of benzene rings is 3. The first-order chi connectivity index (χ1) is 19.2. The fourth-order valence-electron chi connectivity index (χ4n) is 4.17. The molecule has 0 aliphatic carbocycles. The smallest absolute Gasteiger partial charge is 0.307 e. The number of hydrogen-bond acceptors (Lipinski definition) is 8. The van der Waals surface area contributed by atoms with Crippen molar-refractivity contribution < 1.29 is 32.2 Å². The predicted molar refractivity (Wildman–Crippen MR) is 150 cm³/mol. The topological polar surface area (TPSA) is 125 Å². The van der Waals surface area contributed by atoms with Crippen LogP contribution in [0.15, 0.2) is 70.6 Å². The minimum atomic E-state index is -3.95. The van der Waals surface area contributed by atoms with Gasteiger partial charge in [-0.1, -0.05) is 41.2 Å².